The second-order valence-corrected chi connectivity index (χ2v) is 4.64. The maximum atomic E-state index is 13.7. The molecule has 2 N–H and O–H groups in total. The molecule has 0 aliphatic heterocycles. The third kappa shape index (κ3) is 3.12. The van der Waals surface area contributed by atoms with E-state index in [1.807, 2.05) is 19.1 Å². The average molecular weight is 259 g/mol. The maximum absolute atomic E-state index is 13.7. The first-order chi connectivity index (χ1) is 9.11. The zero-order chi connectivity index (χ0) is 13.8. The van der Waals surface area contributed by atoms with Crippen LogP contribution in [0.15, 0.2) is 36.4 Å². The fourth-order valence-electron chi connectivity index (χ4n) is 1.92. The van der Waals surface area contributed by atoms with Crippen molar-refractivity contribution in [3.8, 4) is 5.75 Å². The van der Waals surface area contributed by atoms with Crippen LogP contribution in [0.1, 0.15) is 22.3 Å². The van der Waals surface area contributed by atoms with Crippen LogP contribution in [-0.4, -0.2) is 0 Å². The minimum Gasteiger partial charge on any atom is -0.485 e. The Morgan fingerprint density at radius 3 is 2.58 bits per heavy atom. The fraction of sp³-hybridized carbons (Fsp3) is 0.250. The largest absolute Gasteiger partial charge is 0.485 e. The van der Waals surface area contributed by atoms with E-state index in [9.17, 15) is 4.39 Å². The third-order valence-electron chi connectivity index (χ3n) is 3.22. The number of rotatable bonds is 4. The minimum absolute atomic E-state index is 0.253. The monoisotopic (exact) mass is 259 g/mol. The first-order valence-corrected chi connectivity index (χ1v) is 6.28. The lowest BCUT2D eigenvalue weighted by molar-refractivity contribution is 0.287. The number of aryl methyl sites for hydroxylation is 2. The summed E-state index contributed by atoms with van der Waals surface area (Å²) in [6.07, 6.45) is 0. The average Bonchev–Trinajstić information content (AvgIpc) is 2.41. The highest BCUT2D eigenvalue weighted by atomic mass is 19.1. The molecule has 2 nitrogen and oxygen atoms in total. The predicted octanol–water partition coefficient (Wildman–Crippen LogP) is 3.48. The molecule has 0 saturated carbocycles. The molecule has 0 bridgehead atoms. The standard InChI is InChI=1S/C16H18FNO/c1-11-6-7-13(8-12(11)2)10-19-16-14(9-18)4-3-5-15(16)17/h3-8H,9-10,18H2,1-2H3. The van der Waals surface area contributed by atoms with Crippen molar-refractivity contribution in [2.24, 2.45) is 5.73 Å². The van der Waals surface area contributed by atoms with Crippen LogP contribution in [0.25, 0.3) is 0 Å². The molecule has 100 valence electrons. The first kappa shape index (κ1) is 13.6. The quantitative estimate of drug-likeness (QED) is 0.912. The predicted molar refractivity (Wildman–Crippen MR) is 74.5 cm³/mol. The Hall–Kier alpha value is -1.87. The minimum atomic E-state index is -0.369. The number of hydrogen-bond donors (Lipinski definition) is 1. The van der Waals surface area contributed by atoms with Crippen molar-refractivity contribution in [1.82, 2.24) is 0 Å². The molecular formula is C16H18FNO. The van der Waals surface area contributed by atoms with E-state index >= 15 is 0 Å². The van der Waals surface area contributed by atoms with Crippen LogP contribution in [0.5, 0.6) is 5.75 Å². The third-order valence-corrected chi connectivity index (χ3v) is 3.22. The first-order valence-electron chi connectivity index (χ1n) is 6.28. The molecule has 3 heteroatoms. The molecule has 0 unspecified atom stereocenters. The Labute approximate surface area is 113 Å². The second-order valence-electron chi connectivity index (χ2n) is 4.64. The second kappa shape index (κ2) is 5.85. The van der Waals surface area contributed by atoms with Gasteiger partial charge in [-0.25, -0.2) is 4.39 Å². The highest BCUT2D eigenvalue weighted by Gasteiger charge is 2.09. The van der Waals surface area contributed by atoms with Crippen LogP contribution in [0.2, 0.25) is 0 Å². The number of benzene rings is 2. The lowest BCUT2D eigenvalue weighted by Gasteiger charge is -2.12. The zero-order valence-electron chi connectivity index (χ0n) is 11.2. The SMILES string of the molecule is Cc1ccc(COc2c(F)cccc2CN)cc1C. The summed E-state index contributed by atoms with van der Waals surface area (Å²) in [5.74, 6) is -0.116. The molecule has 0 heterocycles. The molecule has 2 aromatic rings. The van der Waals surface area contributed by atoms with E-state index in [2.05, 4.69) is 13.0 Å². The van der Waals surface area contributed by atoms with Crippen molar-refractivity contribution in [1.29, 1.82) is 0 Å². The van der Waals surface area contributed by atoms with Gasteiger partial charge in [-0.2, -0.15) is 0 Å². The van der Waals surface area contributed by atoms with Gasteiger partial charge in [-0.3, -0.25) is 0 Å². The molecule has 0 aromatic heterocycles. The van der Waals surface area contributed by atoms with Crippen LogP contribution in [0.4, 0.5) is 4.39 Å². The van der Waals surface area contributed by atoms with Crippen molar-refractivity contribution in [3.63, 3.8) is 0 Å². The summed E-state index contributed by atoms with van der Waals surface area (Å²) in [5.41, 5.74) is 9.73. The van der Waals surface area contributed by atoms with Gasteiger partial charge in [0.15, 0.2) is 11.6 Å². The van der Waals surface area contributed by atoms with E-state index in [-0.39, 0.29) is 18.1 Å². The van der Waals surface area contributed by atoms with Crippen LogP contribution in [-0.2, 0) is 13.2 Å². The van der Waals surface area contributed by atoms with E-state index in [1.165, 1.54) is 17.2 Å². The molecule has 0 radical (unpaired) electrons. The smallest absolute Gasteiger partial charge is 0.165 e. The molecule has 0 amide bonds. The fourth-order valence-corrected chi connectivity index (χ4v) is 1.92. The summed E-state index contributed by atoms with van der Waals surface area (Å²) in [6.45, 7) is 4.71. The van der Waals surface area contributed by atoms with Crippen LogP contribution in [0.3, 0.4) is 0 Å². The van der Waals surface area contributed by atoms with Gasteiger partial charge in [-0.05, 0) is 36.6 Å². The van der Waals surface area contributed by atoms with E-state index in [4.69, 9.17) is 10.5 Å². The molecule has 0 fully saturated rings. The van der Waals surface area contributed by atoms with Crippen LogP contribution >= 0.6 is 0 Å². The van der Waals surface area contributed by atoms with Gasteiger partial charge in [0.25, 0.3) is 0 Å². The molecule has 0 spiro atoms. The van der Waals surface area contributed by atoms with E-state index < -0.39 is 0 Å². The number of para-hydroxylation sites is 1. The van der Waals surface area contributed by atoms with Gasteiger partial charge < -0.3 is 10.5 Å². The lowest BCUT2D eigenvalue weighted by Crippen LogP contribution is -2.04. The van der Waals surface area contributed by atoms with Gasteiger partial charge in [-0.1, -0.05) is 30.3 Å². The summed E-state index contributed by atoms with van der Waals surface area (Å²) in [6, 6.07) is 10.9. The zero-order valence-corrected chi connectivity index (χ0v) is 11.2. The van der Waals surface area contributed by atoms with Crippen LogP contribution in [0, 0.1) is 19.7 Å². The summed E-state index contributed by atoms with van der Waals surface area (Å²) >= 11 is 0. The Kier molecular flexibility index (Phi) is 4.17. The molecule has 0 aliphatic carbocycles. The summed E-state index contributed by atoms with van der Waals surface area (Å²) in [4.78, 5) is 0. The van der Waals surface area contributed by atoms with Gasteiger partial charge >= 0.3 is 0 Å². The highest BCUT2D eigenvalue weighted by Crippen LogP contribution is 2.23. The van der Waals surface area contributed by atoms with E-state index in [1.54, 1.807) is 12.1 Å². The van der Waals surface area contributed by atoms with Gasteiger partial charge in [0.1, 0.15) is 6.61 Å². The molecular weight excluding hydrogens is 241 g/mol. The summed E-state index contributed by atoms with van der Waals surface area (Å²) in [7, 11) is 0. The van der Waals surface area contributed by atoms with Crippen LogP contribution < -0.4 is 10.5 Å². The van der Waals surface area contributed by atoms with Crippen molar-refractivity contribution >= 4 is 0 Å². The summed E-state index contributed by atoms with van der Waals surface area (Å²) < 4.78 is 19.3. The molecule has 0 aliphatic rings. The topological polar surface area (TPSA) is 35.2 Å². The number of nitrogens with two attached hydrogens (primary N) is 1. The van der Waals surface area contributed by atoms with Gasteiger partial charge in [-0.15, -0.1) is 0 Å². The van der Waals surface area contributed by atoms with E-state index in [0.717, 1.165) is 5.56 Å². The molecule has 0 saturated heterocycles. The normalized spacial score (nSPS) is 10.5. The summed E-state index contributed by atoms with van der Waals surface area (Å²) in [5, 5.41) is 0. The number of ether oxygens (including phenoxy) is 1. The van der Waals surface area contributed by atoms with Crippen molar-refractivity contribution in [2.45, 2.75) is 27.0 Å². The lowest BCUT2D eigenvalue weighted by atomic mass is 10.1. The Morgan fingerprint density at radius 2 is 1.89 bits per heavy atom. The van der Waals surface area contributed by atoms with Gasteiger partial charge in [0.05, 0.1) is 0 Å². The van der Waals surface area contributed by atoms with Crippen molar-refractivity contribution in [2.75, 3.05) is 0 Å². The van der Waals surface area contributed by atoms with E-state index in [0.29, 0.717) is 12.2 Å². The number of halogens is 1. The van der Waals surface area contributed by atoms with Gasteiger partial charge in [0.2, 0.25) is 0 Å². The van der Waals surface area contributed by atoms with Gasteiger partial charge in [0, 0.05) is 12.1 Å². The molecule has 2 rings (SSSR count). The Bertz CT molecular complexity index is 581. The van der Waals surface area contributed by atoms with Crippen molar-refractivity contribution in [3.05, 3.63) is 64.5 Å². The molecule has 0 atom stereocenters. The Morgan fingerprint density at radius 1 is 1.11 bits per heavy atom. The molecule has 2 aromatic carbocycles. The molecule has 19 heavy (non-hydrogen) atoms. The van der Waals surface area contributed by atoms with Crippen molar-refractivity contribution < 1.29 is 9.13 Å². The maximum Gasteiger partial charge on any atom is 0.165 e. The highest BCUT2D eigenvalue weighted by molar-refractivity contribution is 5.35. The Balaban J connectivity index is 2.16. The number of hydrogen-bond acceptors (Lipinski definition) is 2.